The highest BCUT2D eigenvalue weighted by Gasteiger charge is 2.08. The Morgan fingerprint density at radius 2 is 2.22 bits per heavy atom. The molecule has 18 heavy (non-hydrogen) atoms. The van der Waals surface area contributed by atoms with Crippen molar-refractivity contribution in [1.29, 1.82) is 0 Å². The van der Waals surface area contributed by atoms with Crippen LogP contribution in [-0.2, 0) is 6.54 Å². The first-order valence-electron chi connectivity index (χ1n) is 5.11. The lowest BCUT2D eigenvalue weighted by Gasteiger charge is -2.07. The highest BCUT2D eigenvalue weighted by Crippen LogP contribution is 2.18. The average molecular weight is 265 g/mol. The molecule has 1 heterocycles. The van der Waals surface area contributed by atoms with Gasteiger partial charge in [0.2, 0.25) is 0 Å². The van der Waals surface area contributed by atoms with Gasteiger partial charge >= 0.3 is 11.7 Å². The molecule has 2 rings (SSSR count). The molecule has 0 unspecified atom stereocenters. The minimum atomic E-state index is -1.04. The largest absolute Gasteiger partial charge is 0.478 e. The third-order valence-corrected chi connectivity index (χ3v) is 2.78. The van der Waals surface area contributed by atoms with Crippen molar-refractivity contribution in [2.75, 3.05) is 0 Å². The Morgan fingerprint density at radius 3 is 2.83 bits per heavy atom. The fourth-order valence-electron chi connectivity index (χ4n) is 1.50. The smallest absolute Gasteiger partial charge is 0.347 e. The number of carboxylic acid groups (broad SMARTS) is 1. The second kappa shape index (κ2) is 5.01. The Morgan fingerprint density at radius 1 is 1.44 bits per heavy atom. The number of nitrogens with zero attached hydrogens (tertiary/aromatic N) is 2. The standard InChI is InChI=1S/C12H9ClN2O3/c13-10-6-8(11(16)17)2-3-9(10)7-15-5-1-4-14-12(15)18/h1-6H,7H2,(H,16,17). The van der Waals surface area contributed by atoms with E-state index >= 15 is 0 Å². The summed E-state index contributed by atoms with van der Waals surface area (Å²) in [6.45, 7) is 0.255. The van der Waals surface area contributed by atoms with Crippen LogP contribution in [0.5, 0.6) is 0 Å². The molecule has 92 valence electrons. The zero-order valence-corrected chi connectivity index (χ0v) is 9.96. The van der Waals surface area contributed by atoms with Crippen molar-refractivity contribution in [3.8, 4) is 0 Å². The third kappa shape index (κ3) is 2.57. The maximum Gasteiger partial charge on any atom is 0.347 e. The minimum Gasteiger partial charge on any atom is -0.478 e. The number of carboxylic acids is 1. The Balaban J connectivity index is 2.33. The monoisotopic (exact) mass is 264 g/mol. The fourth-order valence-corrected chi connectivity index (χ4v) is 1.74. The molecule has 0 saturated carbocycles. The van der Waals surface area contributed by atoms with Crippen molar-refractivity contribution in [3.05, 3.63) is 63.3 Å². The van der Waals surface area contributed by atoms with Gasteiger partial charge in [0, 0.05) is 17.4 Å². The van der Waals surface area contributed by atoms with Crippen LogP contribution >= 0.6 is 11.6 Å². The number of benzene rings is 1. The summed E-state index contributed by atoms with van der Waals surface area (Å²) >= 11 is 5.98. The second-order valence-corrected chi connectivity index (χ2v) is 4.05. The first-order valence-corrected chi connectivity index (χ1v) is 5.49. The summed E-state index contributed by atoms with van der Waals surface area (Å²) in [5.41, 5.74) is 0.398. The SMILES string of the molecule is O=C(O)c1ccc(Cn2cccnc2=O)c(Cl)c1. The van der Waals surface area contributed by atoms with E-state index in [1.54, 1.807) is 18.3 Å². The summed E-state index contributed by atoms with van der Waals surface area (Å²) in [6, 6.07) is 6.04. The van der Waals surface area contributed by atoms with Gasteiger partial charge in [-0.25, -0.2) is 14.6 Å². The molecule has 5 nitrogen and oxygen atoms in total. The molecule has 0 aliphatic carbocycles. The average Bonchev–Trinajstić information content (AvgIpc) is 2.34. The van der Waals surface area contributed by atoms with E-state index in [1.807, 2.05) is 0 Å². The van der Waals surface area contributed by atoms with Crippen molar-refractivity contribution in [2.45, 2.75) is 6.54 Å². The van der Waals surface area contributed by atoms with Gasteiger partial charge < -0.3 is 5.11 Å². The third-order valence-electron chi connectivity index (χ3n) is 2.42. The zero-order chi connectivity index (χ0) is 13.1. The normalized spacial score (nSPS) is 10.3. The van der Waals surface area contributed by atoms with Crippen molar-refractivity contribution < 1.29 is 9.90 Å². The summed E-state index contributed by atoms with van der Waals surface area (Å²) in [5.74, 6) is -1.04. The van der Waals surface area contributed by atoms with Gasteiger partial charge in [-0.1, -0.05) is 17.7 Å². The molecule has 0 spiro atoms. The molecular weight excluding hydrogens is 256 g/mol. The Kier molecular flexibility index (Phi) is 3.43. The molecule has 2 aromatic rings. The van der Waals surface area contributed by atoms with Crippen molar-refractivity contribution in [3.63, 3.8) is 0 Å². The molecule has 0 radical (unpaired) electrons. The summed E-state index contributed by atoms with van der Waals surface area (Å²) in [7, 11) is 0. The van der Waals surface area contributed by atoms with Crippen molar-refractivity contribution in [2.24, 2.45) is 0 Å². The van der Waals surface area contributed by atoms with Crippen LogP contribution < -0.4 is 5.69 Å². The molecule has 0 saturated heterocycles. The number of halogens is 1. The van der Waals surface area contributed by atoms with E-state index in [2.05, 4.69) is 4.98 Å². The van der Waals surface area contributed by atoms with Crippen LogP contribution in [-0.4, -0.2) is 20.6 Å². The number of aromatic nitrogens is 2. The highest BCUT2D eigenvalue weighted by atomic mass is 35.5. The maximum absolute atomic E-state index is 11.4. The number of aromatic carboxylic acids is 1. The van der Waals surface area contributed by atoms with E-state index in [4.69, 9.17) is 16.7 Å². The summed E-state index contributed by atoms with van der Waals surface area (Å²) in [6.07, 6.45) is 3.00. The minimum absolute atomic E-state index is 0.113. The fraction of sp³-hybridized carbons (Fsp3) is 0.0833. The molecule has 0 aliphatic rings. The molecule has 0 amide bonds. The molecule has 1 aromatic heterocycles. The molecule has 0 atom stereocenters. The lowest BCUT2D eigenvalue weighted by Crippen LogP contribution is -2.22. The van der Waals surface area contributed by atoms with Crippen LogP contribution in [0.25, 0.3) is 0 Å². The van der Waals surface area contributed by atoms with Gasteiger partial charge in [-0.3, -0.25) is 4.57 Å². The molecule has 6 heteroatoms. The van der Waals surface area contributed by atoms with Gasteiger partial charge in [0.25, 0.3) is 0 Å². The van der Waals surface area contributed by atoms with E-state index < -0.39 is 5.97 Å². The number of hydrogen-bond donors (Lipinski definition) is 1. The first-order chi connectivity index (χ1) is 8.58. The summed E-state index contributed by atoms with van der Waals surface area (Å²) < 4.78 is 1.39. The number of rotatable bonds is 3. The van der Waals surface area contributed by atoms with Crippen LogP contribution in [0.4, 0.5) is 0 Å². The maximum atomic E-state index is 11.4. The first kappa shape index (κ1) is 12.3. The van der Waals surface area contributed by atoms with E-state index in [9.17, 15) is 9.59 Å². The van der Waals surface area contributed by atoms with Crippen molar-refractivity contribution >= 4 is 17.6 Å². The number of hydrogen-bond acceptors (Lipinski definition) is 3. The van der Waals surface area contributed by atoms with E-state index in [1.165, 1.54) is 22.9 Å². The van der Waals surface area contributed by atoms with Crippen LogP contribution in [0.1, 0.15) is 15.9 Å². The predicted octanol–water partition coefficient (Wildman–Crippen LogP) is 1.64. The van der Waals surface area contributed by atoms with Gasteiger partial charge in [0.05, 0.1) is 12.1 Å². The van der Waals surface area contributed by atoms with Crippen LogP contribution in [0.15, 0.2) is 41.5 Å². The molecule has 0 aliphatic heterocycles. The van der Waals surface area contributed by atoms with Gasteiger partial charge in [0.15, 0.2) is 0 Å². The topological polar surface area (TPSA) is 72.2 Å². The molecule has 0 fully saturated rings. The van der Waals surface area contributed by atoms with Gasteiger partial charge in [0.1, 0.15) is 0 Å². The van der Waals surface area contributed by atoms with E-state index in [0.29, 0.717) is 10.6 Å². The van der Waals surface area contributed by atoms with Gasteiger partial charge in [-0.2, -0.15) is 0 Å². The molecule has 1 N–H and O–H groups in total. The second-order valence-electron chi connectivity index (χ2n) is 3.64. The number of carbonyl (C=O) groups is 1. The zero-order valence-electron chi connectivity index (χ0n) is 9.21. The van der Waals surface area contributed by atoms with E-state index in [0.717, 1.165) is 0 Å². The highest BCUT2D eigenvalue weighted by molar-refractivity contribution is 6.31. The summed E-state index contributed by atoms with van der Waals surface area (Å²) in [5, 5.41) is 9.12. The van der Waals surface area contributed by atoms with Crippen LogP contribution in [0, 0.1) is 0 Å². The summed E-state index contributed by atoms with van der Waals surface area (Å²) in [4.78, 5) is 25.8. The van der Waals surface area contributed by atoms with E-state index in [-0.39, 0.29) is 17.8 Å². The lowest BCUT2D eigenvalue weighted by atomic mass is 10.1. The molecular formula is C12H9ClN2O3. The molecule has 1 aromatic carbocycles. The van der Waals surface area contributed by atoms with Gasteiger partial charge in [-0.05, 0) is 23.8 Å². The Bertz CT molecular complexity index is 652. The predicted molar refractivity (Wildman–Crippen MR) is 66.0 cm³/mol. The van der Waals surface area contributed by atoms with Crippen LogP contribution in [0.2, 0.25) is 5.02 Å². The van der Waals surface area contributed by atoms with Gasteiger partial charge in [-0.15, -0.1) is 0 Å². The van der Waals surface area contributed by atoms with Crippen LogP contribution in [0.3, 0.4) is 0 Å². The lowest BCUT2D eigenvalue weighted by molar-refractivity contribution is 0.0697. The quantitative estimate of drug-likeness (QED) is 0.915. The van der Waals surface area contributed by atoms with Crippen molar-refractivity contribution in [1.82, 2.24) is 9.55 Å². The Labute approximate surface area is 107 Å². The molecule has 0 bridgehead atoms. The Hall–Kier alpha value is -2.14.